The van der Waals surface area contributed by atoms with Gasteiger partial charge in [0.05, 0.1) is 0 Å². The SMILES string of the molecule is Fc1cccc(CN2CCN(C[C@H]3C[C@H]4C=C[C@H]3C4)CC2)c1. The number of halogens is 1. The average molecular weight is 300 g/mol. The molecule has 2 fully saturated rings. The minimum Gasteiger partial charge on any atom is -0.300 e. The number of benzene rings is 1. The van der Waals surface area contributed by atoms with E-state index in [1.54, 1.807) is 6.07 Å². The number of hydrogen-bond acceptors (Lipinski definition) is 2. The molecule has 2 aliphatic carbocycles. The number of fused-ring (bicyclic) bond motifs is 2. The highest BCUT2D eigenvalue weighted by Crippen LogP contribution is 2.43. The van der Waals surface area contributed by atoms with Crippen LogP contribution >= 0.6 is 0 Å². The highest BCUT2D eigenvalue weighted by Gasteiger charge is 2.36. The van der Waals surface area contributed by atoms with E-state index in [-0.39, 0.29) is 5.82 Å². The molecule has 2 bridgehead atoms. The fourth-order valence-corrected chi connectivity index (χ4v) is 4.46. The fraction of sp³-hybridized carbons (Fsp3) is 0.579. The number of rotatable bonds is 4. The summed E-state index contributed by atoms with van der Waals surface area (Å²) in [6.45, 7) is 6.68. The Morgan fingerprint density at radius 2 is 1.82 bits per heavy atom. The molecule has 0 radical (unpaired) electrons. The van der Waals surface area contributed by atoms with Crippen LogP contribution in [0.2, 0.25) is 0 Å². The molecular formula is C19H25FN2. The van der Waals surface area contributed by atoms with Crippen molar-refractivity contribution in [2.45, 2.75) is 19.4 Å². The monoisotopic (exact) mass is 300 g/mol. The fourth-order valence-electron chi connectivity index (χ4n) is 4.46. The van der Waals surface area contributed by atoms with Crippen LogP contribution in [0, 0.1) is 23.6 Å². The predicted molar refractivity (Wildman–Crippen MR) is 87.0 cm³/mol. The van der Waals surface area contributed by atoms with Crippen molar-refractivity contribution in [2.24, 2.45) is 17.8 Å². The minimum atomic E-state index is -0.125. The van der Waals surface area contributed by atoms with E-state index in [1.807, 2.05) is 12.1 Å². The van der Waals surface area contributed by atoms with Crippen molar-refractivity contribution in [1.29, 1.82) is 0 Å². The molecule has 2 nitrogen and oxygen atoms in total. The van der Waals surface area contributed by atoms with Crippen molar-refractivity contribution >= 4 is 0 Å². The summed E-state index contributed by atoms with van der Waals surface area (Å²) in [7, 11) is 0. The van der Waals surface area contributed by atoms with E-state index in [4.69, 9.17) is 0 Å². The van der Waals surface area contributed by atoms with Gasteiger partial charge in [-0.3, -0.25) is 4.90 Å². The van der Waals surface area contributed by atoms with Crippen LogP contribution < -0.4 is 0 Å². The molecule has 22 heavy (non-hydrogen) atoms. The van der Waals surface area contributed by atoms with E-state index >= 15 is 0 Å². The van der Waals surface area contributed by atoms with Crippen LogP contribution in [0.5, 0.6) is 0 Å². The normalized spacial score (nSPS) is 32.0. The van der Waals surface area contributed by atoms with Crippen molar-refractivity contribution in [3.8, 4) is 0 Å². The maximum atomic E-state index is 13.3. The van der Waals surface area contributed by atoms with Crippen molar-refractivity contribution < 1.29 is 4.39 Å². The molecule has 0 aromatic heterocycles. The second-order valence-corrected chi connectivity index (χ2v) is 7.25. The van der Waals surface area contributed by atoms with Crippen LogP contribution in [0.25, 0.3) is 0 Å². The van der Waals surface area contributed by atoms with Gasteiger partial charge in [-0.05, 0) is 48.3 Å². The molecule has 1 saturated carbocycles. The van der Waals surface area contributed by atoms with Crippen LogP contribution in [0.4, 0.5) is 4.39 Å². The van der Waals surface area contributed by atoms with Gasteiger partial charge in [-0.1, -0.05) is 24.3 Å². The largest absolute Gasteiger partial charge is 0.300 e. The zero-order valence-electron chi connectivity index (χ0n) is 13.1. The average Bonchev–Trinajstić information content (AvgIpc) is 3.12. The Morgan fingerprint density at radius 3 is 2.50 bits per heavy atom. The second-order valence-electron chi connectivity index (χ2n) is 7.25. The molecular weight excluding hydrogens is 275 g/mol. The second kappa shape index (κ2) is 6.13. The molecule has 3 aliphatic rings. The Bertz CT molecular complexity index is 548. The number of hydrogen-bond donors (Lipinski definition) is 0. The van der Waals surface area contributed by atoms with Crippen molar-refractivity contribution in [1.82, 2.24) is 9.80 Å². The molecule has 0 amide bonds. The van der Waals surface area contributed by atoms with Crippen LogP contribution in [0.1, 0.15) is 18.4 Å². The van der Waals surface area contributed by atoms with E-state index < -0.39 is 0 Å². The molecule has 1 aromatic rings. The maximum Gasteiger partial charge on any atom is 0.123 e. The van der Waals surface area contributed by atoms with Crippen molar-refractivity contribution in [3.63, 3.8) is 0 Å². The molecule has 1 aliphatic heterocycles. The van der Waals surface area contributed by atoms with Gasteiger partial charge in [0, 0.05) is 39.3 Å². The smallest absolute Gasteiger partial charge is 0.123 e. The van der Waals surface area contributed by atoms with E-state index in [9.17, 15) is 4.39 Å². The highest BCUT2D eigenvalue weighted by atomic mass is 19.1. The van der Waals surface area contributed by atoms with Gasteiger partial charge in [0.2, 0.25) is 0 Å². The first-order chi connectivity index (χ1) is 10.8. The van der Waals surface area contributed by atoms with Crippen molar-refractivity contribution in [2.75, 3.05) is 32.7 Å². The lowest BCUT2D eigenvalue weighted by Gasteiger charge is -2.37. The first-order valence-corrected chi connectivity index (χ1v) is 8.64. The minimum absolute atomic E-state index is 0.125. The summed E-state index contributed by atoms with van der Waals surface area (Å²) in [5.41, 5.74) is 1.09. The van der Waals surface area contributed by atoms with Gasteiger partial charge in [-0.2, -0.15) is 0 Å². The summed E-state index contributed by atoms with van der Waals surface area (Å²) in [6, 6.07) is 7.01. The standard InChI is InChI=1S/C19H25FN2/c20-19-3-1-2-16(12-19)13-21-6-8-22(9-7-21)14-18-11-15-4-5-17(18)10-15/h1-5,12,15,17-18H,6-11,13-14H2/t15-,17-,18+/m0/s1. The maximum absolute atomic E-state index is 13.3. The van der Waals surface area contributed by atoms with Gasteiger partial charge in [0.25, 0.3) is 0 Å². The quantitative estimate of drug-likeness (QED) is 0.788. The van der Waals surface area contributed by atoms with Crippen LogP contribution in [-0.4, -0.2) is 42.5 Å². The lowest BCUT2D eigenvalue weighted by Crippen LogP contribution is -2.47. The Kier molecular flexibility index (Phi) is 4.01. The van der Waals surface area contributed by atoms with Crippen LogP contribution in [-0.2, 0) is 6.54 Å². The molecule has 0 spiro atoms. The molecule has 0 N–H and O–H groups in total. The lowest BCUT2D eigenvalue weighted by molar-refractivity contribution is 0.108. The van der Waals surface area contributed by atoms with E-state index in [0.717, 1.165) is 56.0 Å². The number of allylic oxidation sites excluding steroid dienone is 2. The predicted octanol–water partition coefficient (Wildman–Crippen LogP) is 3.16. The molecule has 1 aromatic carbocycles. The van der Waals surface area contributed by atoms with Gasteiger partial charge in [-0.15, -0.1) is 0 Å². The molecule has 4 rings (SSSR count). The third-order valence-electron chi connectivity index (χ3n) is 5.67. The summed E-state index contributed by atoms with van der Waals surface area (Å²) < 4.78 is 13.3. The van der Waals surface area contributed by atoms with Gasteiger partial charge in [0.1, 0.15) is 5.82 Å². The Morgan fingerprint density at radius 1 is 1.00 bits per heavy atom. The molecule has 1 saturated heterocycles. The Balaban J connectivity index is 1.25. The van der Waals surface area contributed by atoms with Crippen LogP contribution in [0.15, 0.2) is 36.4 Å². The third-order valence-corrected chi connectivity index (χ3v) is 5.67. The molecule has 0 unspecified atom stereocenters. The molecule has 1 heterocycles. The van der Waals surface area contributed by atoms with Gasteiger partial charge in [-0.25, -0.2) is 4.39 Å². The van der Waals surface area contributed by atoms with Crippen LogP contribution in [0.3, 0.4) is 0 Å². The van der Waals surface area contributed by atoms with E-state index in [0.29, 0.717) is 0 Å². The Hall–Kier alpha value is -1.19. The summed E-state index contributed by atoms with van der Waals surface area (Å²) in [6.07, 6.45) is 7.70. The zero-order valence-corrected chi connectivity index (χ0v) is 13.1. The molecule has 118 valence electrons. The zero-order chi connectivity index (χ0) is 14.9. The van der Waals surface area contributed by atoms with E-state index in [1.165, 1.54) is 25.5 Å². The molecule has 3 heteroatoms. The van der Waals surface area contributed by atoms with E-state index in [2.05, 4.69) is 22.0 Å². The van der Waals surface area contributed by atoms with Gasteiger partial charge < -0.3 is 4.90 Å². The van der Waals surface area contributed by atoms with Gasteiger partial charge >= 0.3 is 0 Å². The third kappa shape index (κ3) is 3.11. The summed E-state index contributed by atoms with van der Waals surface area (Å²) in [5, 5.41) is 0. The van der Waals surface area contributed by atoms with Crippen molar-refractivity contribution in [3.05, 3.63) is 47.8 Å². The summed E-state index contributed by atoms with van der Waals surface area (Å²) in [5.74, 6) is 2.50. The van der Waals surface area contributed by atoms with Gasteiger partial charge in [0.15, 0.2) is 0 Å². The topological polar surface area (TPSA) is 6.48 Å². The first-order valence-electron chi connectivity index (χ1n) is 8.64. The number of piperazine rings is 1. The first kappa shape index (κ1) is 14.4. The molecule has 3 atom stereocenters. The summed E-state index contributed by atoms with van der Waals surface area (Å²) >= 11 is 0. The highest BCUT2D eigenvalue weighted by molar-refractivity contribution is 5.16. The Labute approximate surface area is 132 Å². The number of nitrogens with zero attached hydrogens (tertiary/aromatic N) is 2. The lowest BCUT2D eigenvalue weighted by atomic mass is 9.93. The summed E-state index contributed by atoms with van der Waals surface area (Å²) in [4.78, 5) is 5.09.